The number of benzene rings is 1. The Labute approximate surface area is 191 Å². The third-order valence-corrected chi connectivity index (χ3v) is 7.02. The first-order valence-electron chi connectivity index (χ1n) is 9.88. The number of rotatable bonds is 1. The largest absolute Gasteiger partial charge is 0.378 e. The molecule has 0 N–H and O–H groups in total. The maximum absolute atomic E-state index is 9.45. The van der Waals surface area contributed by atoms with Crippen molar-refractivity contribution in [3.05, 3.63) is 46.0 Å². The van der Waals surface area contributed by atoms with Gasteiger partial charge < -0.3 is 14.4 Å². The van der Waals surface area contributed by atoms with Crippen LogP contribution in [-0.4, -0.2) is 67.4 Å². The highest BCUT2D eigenvalue weighted by atomic mass is 35.5. The van der Waals surface area contributed by atoms with E-state index < -0.39 is 0 Å². The van der Waals surface area contributed by atoms with Crippen LogP contribution in [0.15, 0.2) is 34.9 Å². The Morgan fingerprint density at radius 2 is 1.43 bits per heavy atom. The molecule has 30 heavy (non-hydrogen) atoms. The predicted octanol–water partition coefficient (Wildman–Crippen LogP) is 4.22. The zero-order valence-electron chi connectivity index (χ0n) is 16.7. The van der Waals surface area contributed by atoms with Crippen molar-refractivity contribution in [3.63, 3.8) is 0 Å². The molecule has 158 valence electrons. The highest BCUT2D eigenvalue weighted by Gasteiger charge is 2.31. The van der Waals surface area contributed by atoms with E-state index in [0.29, 0.717) is 23.8 Å². The Morgan fingerprint density at radius 3 is 2.00 bits per heavy atom. The Kier molecular flexibility index (Phi) is 9.45. The van der Waals surface area contributed by atoms with E-state index in [9.17, 15) is 10.5 Å². The summed E-state index contributed by atoms with van der Waals surface area (Å²) in [4.78, 5) is 2.29. The van der Waals surface area contributed by atoms with Crippen molar-refractivity contribution in [3.8, 4) is 12.1 Å². The van der Waals surface area contributed by atoms with Crippen LogP contribution in [0, 0.1) is 22.7 Å². The number of nitrogens with zero attached hydrogens (tertiary/aromatic N) is 3. The summed E-state index contributed by atoms with van der Waals surface area (Å²) in [7, 11) is 0. The second-order valence-corrected chi connectivity index (χ2v) is 9.45. The lowest BCUT2D eigenvalue weighted by Crippen LogP contribution is -2.27. The minimum atomic E-state index is 0.0545. The third-order valence-electron chi connectivity index (χ3n) is 4.80. The number of hydrogen-bond donors (Lipinski definition) is 0. The van der Waals surface area contributed by atoms with Gasteiger partial charge in [0.15, 0.2) is 0 Å². The van der Waals surface area contributed by atoms with Crippen LogP contribution < -0.4 is 0 Å². The van der Waals surface area contributed by atoms with E-state index in [0.717, 1.165) is 66.1 Å². The SMILES string of the molecule is N#CC(C#N)=C1C(Cl)=C(N2CCSCCOCCOCCSCC2)c2ccccc21. The van der Waals surface area contributed by atoms with E-state index in [1.807, 2.05) is 59.9 Å². The minimum absolute atomic E-state index is 0.0545. The standard InChI is InChI=1S/C22H24ClN3O2S2/c23-21-20(17(15-24)16-25)18-3-1-2-4-19(18)22(21)26-5-11-29-13-9-27-7-8-28-10-14-30-12-6-26/h1-4H,5-14H2. The van der Waals surface area contributed by atoms with Gasteiger partial charge in [-0.1, -0.05) is 35.9 Å². The first-order valence-corrected chi connectivity index (χ1v) is 12.6. The lowest BCUT2D eigenvalue weighted by Gasteiger charge is -2.27. The fourth-order valence-electron chi connectivity index (χ4n) is 3.40. The number of fused-ring (bicyclic) bond motifs is 1. The van der Waals surface area contributed by atoms with Gasteiger partial charge in [0, 0.05) is 47.2 Å². The van der Waals surface area contributed by atoms with E-state index in [4.69, 9.17) is 21.1 Å². The highest BCUT2D eigenvalue weighted by molar-refractivity contribution is 7.99. The van der Waals surface area contributed by atoms with E-state index in [2.05, 4.69) is 4.90 Å². The number of ether oxygens (including phenoxy) is 2. The topological polar surface area (TPSA) is 69.3 Å². The molecule has 0 bridgehead atoms. The van der Waals surface area contributed by atoms with Gasteiger partial charge in [-0.2, -0.15) is 34.0 Å². The summed E-state index contributed by atoms with van der Waals surface area (Å²) in [5.41, 5.74) is 3.36. The average Bonchev–Trinajstić information content (AvgIpc) is 3.04. The van der Waals surface area contributed by atoms with Crippen molar-refractivity contribution >= 4 is 46.4 Å². The fraction of sp³-hybridized carbons (Fsp3) is 0.455. The molecule has 3 rings (SSSR count). The second kappa shape index (κ2) is 12.3. The second-order valence-electron chi connectivity index (χ2n) is 6.62. The summed E-state index contributed by atoms with van der Waals surface area (Å²) >= 11 is 10.5. The zero-order valence-corrected chi connectivity index (χ0v) is 19.1. The molecule has 1 heterocycles. The maximum Gasteiger partial charge on any atom is 0.139 e. The van der Waals surface area contributed by atoms with Gasteiger partial charge in [-0.05, 0) is 5.56 Å². The number of nitriles is 2. The number of thioether (sulfide) groups is 2. The van der Waals surface area contributed by atoms with Gasteiger partial charge in [-0.15, -0.1) is 0 Å². The molecule has 0 unspecified atom stereocenters. The summed E-state index contributed by atoms with van der Waals surface area (Å²) in [6, 6.07) is 11.8. The molecule has 1 aliphatic heterocycles. The van der Waals surface area contributed by atoms with E-state index in [-0.39, 0.29) is 5.57 Å². The van der Waals surface area contributed by atoms with Crippen LogP contribution in [0.3, 0.4) is 0 Å². The molecule has 0 aromatic heterocycles. The lowest BCUT2D eigenvalue weighted by atomic mass is 10.0. The van der Waals surface area contributed by atoms with E-state index in [1.54, 1.807) is 0 Å². The summed E-state index contributed by atoms with van der Waals surface area (Å²) in [5.74, 6) is 3.76. The molecule has 2 aliphatic rings. The van der Waals surface area contributed by atoms with Crippen molar-refractivity contribution in [1.29, 1.82) is 10.5 Å². The van der Waals surface area contributed by atoms with Gasteiger partial charge in [-0.25, -0.2) is 0 Å². The van der Waals surface area contributed by atoms with Crippen molar-refractivity contribution in [1.82, 2.24) is 4.90 Å². The molecule has 0 radical (unpaired) electrons. The molecular weight excluding hydrogens is 438 g/mol. The zero-order chi connectivity index (χ0) is 21.2. The Bertz CT molecular complexity index is 857. The smallest absolute Gasteiger partial charge is 0.139 e. The van der Waals surface area contributed by atoms with Crippen LogP contribution in [0.2, 0.25) is 0 Å². The van der Waals surface area contributed by atoms with Crippen molar-refractivity contribution in [2.45, 2.75) is 0 Å². The molecule has 1 aliphatic carbocycles. The van der Waals surface area contributed by atoms with Crippen LogP contribution in [0.1, 0.15) is 11.1 Å². The Balaban J connectivity index is 1.88. The average molecular weight is 462 g/mol. The molecule has 1 aromatic carbocycles. The molecule has 1 aromatic rings. The van der Waals surface area contributed by atoms with Crippen LogP contribution in [-0.2, 0) is 9.47 Å². The molecule has 0 saturated carbocycles. The summed E-state index contributed by atoms with van der Waals surface area (Å²) in [6.45, 7) is 4.40. The van der Waals surface area contributed by atoms with Gasteiger partial charge in [0.25, 0.3) is 0 Å². The van der Waals surface area contributed by atoms with E-state index >= 15 is 0 Å². The molecule has 1 saturated heterocycles. The number of halogens is 1. The van der Waals surface area contributed by atoms with Crippen LogP contribution in [0.4, 0.5) is 0 Å². The summed E-state index contributed by atoms with van der Waals surface area (Å²) in [5, 5.41) is 19.4. The first-order chi connectivity index (χ1) is 14.8. The van der Waals surface area contributed by atoms with Gasteiger partial charge in [0.2, 0.25) is 0 Å². The molecular formula is C22H24ClN3O2S2. The predicted molar refractivity (Wildman–Crippen MR) is 125 cm³/mol. The minimum Gasteiger partial charge on any atom is -0.378 e. The van der Waals surface area contributed by atoms with Gasteiger partial charge in [0.1, 0.15) is 17.7 Å². The quantitative estimate of drug-likeness (QED) is 0.580. The maximum atomic E-state index is 9.45. The van der Waals surface area contributed by atoms with Crippen LogP contribution in [0.25, 0.3) is 11.3 Å². The third kappa shape index (κ3) is 5.75. The van der Waals surface area contributed by atoms with Gasteiger partial charge in [0.05, 0.1) is 37.2 Å². The lowest BCUT2D eigenvalue weighted by molar-refractivity contribution is 0.0605. The molecule has 1 fully saturated rings. The Hall–Kier alpha value is -1.61. The number of allylic oxidation sites excluding steroid dienone is 3. The fourth-order valence-corrected chi connectivity index (χ4v) is 5.40. The molecule has 5 nitrogen and oxygen atoms in total. The highest BCUT2D eigenvalue weighted by Crippen LogP contribution is 2.46. The van der Waals surface area contributed by atoms with Crippen LogP contribution in [0.5, 0.6) is 0 Å². The monoisotopic (exact) mass is 461 g/mol. The summed E-state index contributed by atoms with van der Waals surface area (Å²) in [6.07, 6.45) is 0. The van der Waals surface area contributed by atoms with Gasteiger partial charge in [-0.3, -0.25) is 0 Å². The Morgan fingerprint density at radius 1 is 0.867 bits per heavy atom. The molecule has 0 spiro atoms. The van der Waals surface area contributed by atoms with Gasteiger partial charge >= 0.3 is 0 Å². The number of hydrogen-bond acceptors (Lipinski definition) is 7. The molecule has 0 amide bonds. The first kappa shape index (κ1) is 23.1. The van der Waals surface area contributed by atoms with Crippen LogP contribution >= 0.6 is 35.1 Å². The van der Waals surface area contributed by atoms with Crippen molar-refractivity contribution in [2.24, 2.45) is 0 Å². The molecule has 8 heteroatoms. The summed E-state index contributed by atoms with van der Waals surface area (Å²) < 4.78 is 11.2. The molecule has 0 atom stereocenters. The van der Waals surface area contributed by atoms with E-state index in [1.165, 1.54) is 0 Å². The normalized spacial score (nSPS) is 19.3. The van der Waals surface area contributed by atoms with Crippen molar-refractivity contribution in [2.75, 3.05) is 62.5 Å². The van der Waals surface area contributed by atoms with Crippen molar-refractivity contribution < 1.29 is 9.47 Å².